The molecule has 434 valence electrons. The first-order valence-electron chi connectivity index (χ1n) is 28.5. The molecular formula is C59H89N5O14. The first-order chi connectivity index (χ1) is 37.1. The average molecular weight is 1090 g/mol. The van der Waals surface area contributed by atoms with Crippen molar-refractivity contribution < 1.29 is 67.8 Å². The third kappa shape index (κ3) is 15.6. The first kappa shape index (κ1) is 62.4. The number of esters is 1. The third-order valence-electron chi connectivity index (χ3n) is 17.4. The molecule has 4 aliphatic heterocycles. The van der Waals surface area contributed by atoms with Crippen LogP contribution in [-0.2, 0) is 59.0 Å². The molecule has 0 aromatic carbocycles. The number of carbonyl (C=O) groups is 6. The van der Waals surface area contributed by atoms with Gasteiger partial charge in [-0.1, -0.05) is 76.3 Å². The van der Waals surface area contributed by atoms with Crippen LogP contribution in [0.3, 0.4) is 0 Å². The first-order valence-corrected chi connectivity index (χ1v) is 28.5. The number of piperidine rings is 1. The van der Waals surface area contributed by atoms with Crippen molar-refractivity contribution in [1.82, 2.24) is 24.8 Å². The summed E-state index contributed by atoms with van der Waals surface area (Å²) in [6.07, 6.45) is 15.1. The molecule has 5 aliphatic rings. The lowest BCUT2D eigenvalue weighted by Gasteiger charge is -2.42. The molecule has 3 N–H and O–H groups in total. The number of nitrogens with zero attached hydrogens (tertiary/aromatic N) is 5. The quantitative estimate of drug-likeness (QED) is 0.163. The second-order valence-corrected chi connectivity index (χ2v) is 23.3. The van der Waals surface area contributed by atoms with Crippen molar-refractivity contribution in [2.45, 2.75) is 205 Å². The maximum absolute atomic E-state index is 14.7. The van der Waals surface area contributed by atoms with Gasteiger partial charge in [0, 0.05) is 65.0 Å². The van der Waals surface area contributed by atoms with E-state index in [9.17, 15) is 44.1 Å². The molecule has 1 aromatic heterocycles. The Morgan fingerprint density at radius 2 is 1.64 bits per heavy atom. The number of ketones is 3. The van der Waals surface area contributed by atoms with E-state index in [0.29, 0.717) is 88.6 Å². The Bertz CT molecular complexity index is 2370. The van der Waals surface area contributed by atoms with E-state index >= 15 is 0 Å². The molecule has 19 heteroatoms. The average Bonchev–Trinajstić information content (AvgIpc) is 4.10. The van der Waals surface area contributed by atoms with Gasteiger partial charge in [0.1, 0.15) is 24.3 Å². The smallest absolute Gasteiger partial charge is 0.329 e. The summed E-state index contributed by atoms with van der Waals surface area (Å²) >= 11 is 0. The number of carboxylic acid groups (broad SMARTS) is 1. The molecule has 78 heavy (non-hydrogen) atoms. The van der Waals surface area contributed by atoms with E-state index in [2.05, 4.69) is 10.3 Å². The van der Waals surface area contributed by atoms with Crippen LogP contribution in [0.2, 0.25) is 0 Å². The van der Waals surface area contributed by atoms with Crippen molar-refractivity contribution in [3.8, 4) is 0 Å². The van der Waals surface area contributed by atoms with Gasteiger partial charge in [-0.05, 0) is 126 Å². The molecule has 0 spiro atoms. The number of hydrogen-bond acceptors (Lipinski definition) is 16. The van der Waals surface area contributed by atoms with Crippen LogP contribution in [0, 0.1) is 35.5 Å². The summed E-state index contributed by atoms with van der Waals surface area (Å²) in [5.41, 5.74) is 1.85. The van der Waals surface area contributed by atoms with Gasteiger partial charge in [0.15, 0.2) is 11.6 Å². The number of likely N-dealkylation sites (tertiary alicyclic amines) is 1. The molecule has 5 heterocycles. The van der Waals surface area contributed by atoms with Gasteiger partial charge in [0.2, 0.25) is 5.79 Å². The molecule has 1 saturated carbocycles. The van der Waals surface area contributed by atoms with Crippen LogP contribution in [0.4, 0.5) is 0 Å². The predicted octanol–water partition coefficient (Wildman–Crippen LogP) is 6.70. The highest BCUT2D eigenvalue weighted by Gasteiger charge is 2.53. The predicted molar refractivity (Wildman–Crippen MR) is 289 cm³/mol. The molecule has 1 aliphatic carbocycles. The number of allylic oxidation sites excluding steroid dienone is 6. The minimum atomic E-state index is -2.46. The molecule has 1 unspecified atom stereocenters. The van der Waals surface area contributed by atoms with Crippen molar-refractivity contribution >= 4 is 35.2 Å². The number of amides is 1. The zero-order valence-corrected chi connectivity index (χ0v) is 47.8. The number of hydrogen-bond donors (Lipinski definition) is 3. The number of fused-ring (bicyclic) bond motifs is 3. The number of Topliss-reactive ketones (excluding diaryl/α,β-unsaturated/α-hetero) is 3. The molecule has 1 aromatic rings. The van der Waals surface area contributed by atoms with Crippen molar-refractivity contribution in [3.05, 3.63) is 59.5 Å². The number of carboxylic acids is 1. The fourth-order valence-electron chi connectivity index (χ4n) is 12.5. The van der Waals surface area contributed by atoms with E-state index in [1.807, 2.05) is 73.9 Å². The highest BCUT2D eigenvalue weighted by atomic mass is 16.6. The summed E-state index contributed by atoms with van der Waals surface area (Å²) < 4.78 is 32.0. The SMILES string of the molecule is CO[C@H]1C[C@@H]2CC[C@@H](C)[C@@](O)(O2)C(=O)C(=O)N2CCCC[C@H]2C(=O)O[C@H]([C@H](C)C[C@@H]2CC[C@H](n3cc(CN4CCC[C@@H]4C(=O)O)nn3)[C@H](OC)C2)CC(=O)/C(C)=C/C(C)[C@@H](O)[C@@H](OC)C(=O)[C@H](C)C[C@H](C)C=CC=CC=C1C. The van der Waals surface area contributed by atoms with E-state index in [1.165, 1.54) is 12.0 Å². The highest BCUT2D eigenvalue weighted by molar-refractivity contribution is 6.39. The van der Waals surface area contributed by atoms with Gasteiger partial charge in [0.05, 0.1) is 42.3 Å². The van der Waals surface area contributed by atoms with Crippen LogP contribution in [0.15, 0.2) is 53.8 Å². The summed E-state index contributed by atoms with van der Waals surface area (Å²) in [6, 6.07) is -1.86. The van der Waals surface area contributed by atoms with E-state index in [-0.39, 0.29) is 60.9 Å². The minimum Gasteiger partial charge on any atom is -0.480 e. The third-order valence-corrected chi connectivity index (χ3v) is 17.4. The maximum Gasteiger partial charge on any atom is 0.329 e. The van der Waals surface area contributed by atoms with Crippen molar-refractivity contribution in [2.75, 3.05) is 34.4 Å². The Labute approximate surface area is 461 Å². The van der Waals surface area contributed by atoms with Crippen LogP contribution in [0.5, 0.6) is 0 Å². The van der Waals surface area contributed by atoms with Gasteiger partial charge in [-0.15, -0.1) is 5.10 Å². The molecule has 1 amide bonds. The highest BCUT2D eigenvalue weighted by Crippen LogP contribution is 2.40. The summed E-state index contributed by atoms with van der Waals surface area (Å²) in [4.78, 5) is 86.6. The Balaban J connectivity index is 1.26. The minimum absolute atomic E-state index is 0.00446. The summed E-state index contributed by atoms with van der Waals surface area (Å²) in [5, 5.41) is 42.2. The van der Waals surface area contributed by atoms with Crippen molar-refractivity contribution in [2.24, 2.45) is 35.5 Å². The summed E-state index contributed by atoms with van der Waals surface area (Å²) in [7, 11) is 4.61. The van der Waals surface area contributed by atoms with Gasteiger partial charge in [-0.25, -0.2) is 9.48 Å². The Morgan fingerprint density at radius 3 is 2.35 bits per heavy atom. The van der Waals surface area contributed by atoms with Gasteiger partial charge in [0.25, 0.3) is 11.7 Å². The topological polar surface area (TPSA) is 246 Å². The number of aliphatic hydroxyl groups excluding tert-OH is 1. The number of aliphatic carboxylic acids is 1. The molecule has 0 radical (unpaired) electrons. The number of ether oxygens (including phenoxy) is 5. The fraction of sp³-hybridized carbons (Fsp3) is 0.729. The Kier molecular flexibility index (Phi) is 22.9. The standard InChI is InChI=1S/C59H89N5O14/c1-35-17-12-11-13-18-36(2)49(74-8)31-44-23-21-41(7)59(73,78-44)55(68)56(69)63-26-15-14-19-47(63)58(72)77-50(32-48(65)37(3)28-40(6)53(67)54(76-10)52(66)39(5)27-35)38(4)29-42-22-24-45(51(30-42)75-9)64-34-43(60-61-64)33-62-25-16-20-46(62)57(70)71/h11-13,17-18,28,34-35,38-42,44-47,49-51,53-54,67,73H,14-16,19-27,29-33H2,1-10H3,(H,70,71)/b13-11?,17-12?,36-18?,37-28+/t35-,38-,39-,40?,41-,42+,44+,45+,46-,47+,49+,50+,51-,53-,54+,59-/m1/s1. The second-order valence-electron chi connectivity index (χ2n) is 23.3. The molecule has 19 nitrogen and oxygen atoms in total. The maximum atomic E-state index is 14.7. The van der Waals surface area contributed by atoms with Crippen LogP contribution in [0.1, 0.15) is 150 Å². The fourth-order valence-corrected chi connectivity index (χ4v) is 12.5. The number of methoxy groups -OCH3 is 3. The zero-order chi connectivity index (χ0) is 57.0. The molecular weight excluding hydrogens is 1000 g/mol. The largest absolute Gasteiger partial charge is 0.480 e. The van der Waals surface area contributed by atoms with E-state index in [0.717, 1.165) is 18.4 Å². The summed E-state index contributed by atoms with van der Waals surface area (Å²) in [6.45, 7) is 13.8. The van der Waals surface area contributed by atoms with Crippen LogP contribution in [-0.4, -0.2) is 164 Å². The molecule has 16 atom stereocenters. The second kappa shape index (κ2) is 28.6. The van der Waals surface area contributed by atoms with E-state index in [4.69, 9.17) is 23.7 Å². The number of aromatic nitrogens is 3. The number of cyclic esters (lactones) is 1. The van der Waals surface area contributed by atoms with Crippen LogP contribution in [0.25, 0.3) is 0 Å². The molecule has 6 rings (SSSR count). The lowest BCUT2D eigenvalue weighted by atomic mass is 9.77. The van der Waals surface area contributed by atoms with E-state index < -0.39 is 89.8 Å². The number of aliphatic hydroxyl groups is 2. The van der Waals surface area contributed by atoms with Crippen molar-refractivity contribution in [1.29, 1.82) is 0 Å². The lowest BCUT2D eigenvalue weighted by Crippen LogP contribution is -2.61. The van der Waals surface area contributed by atoms with Gasteiger partial charge in [-0.2, -0.15) is 0 Å². The van der Waals surface area contributed by atoms with Crippen molar-refractivity contribution in [3.63, 3.8) is 0 Å². The monoisotopic (exact) mass is 1090 g/mol. The molecule has 3 saturated heterocycles. The zero-order valence-electron chi connectivity index (χ0n) is 47.8. The van der Waals surface area contributed by atoms with Crippen LogP contribution >= 0.6 is 0 Å². The van der Waals surface area contributed by atoms with E-state index in [1.54, 1.807) is 41.1 Å². The Hall–Kier alpha value is -4.76. The number of carbonyl (C=O) groups excluding carboxylic acids is 5. The Morgan fingerprint density at radius 1 is 0.885 bits per heavy atom. The molecule has 2 bridgehead atoms. The summed E-state index contributed by atoms with van der Waals surface area (Å²) in [5.74, 6) is -9.04. The normalized spacial score (nSPS) is 36.4. The lowest BCUT2D eigenvalue weighted by molar-refractivity contribution is -0.265. The van der Waals surface area contributed by atoms with Gasteiger partial charge in [-0.3, -0.25) is 28.9 Å². The van der Waals surface area contributed by atoms with Crippen LogP contribution < -0.4 is 0 Å². The van der Waals surface area contributed by atoms with Gasteiger partial charge < -0.3 is 43.9 Å². The number of rotatable bonds is 10. The van der Waals surface area contributed by atoms with Gasteiger partial charge >= 0.3 is 11.9 Å². The molecule has 4 fully saturated rings.